The molecule has 0 amide bonds. The van der Waals surface area contributed by atoms with Gasteiger partial charge in [-0.05, 0) is 23.3 Å². The Balaban J connectivity index is 1.85. The first kappa shape index (κ1) is 13.4. The second kappa shape index (κ2) is 5.81. The summed E-state index contributed by atoms with van der Waals surface area (Å²) in [5, 5.41) is 3.07. The van der Waals surface area contributed by atoms with E-state index in [1.807, 2.05) is 42.5 Å². The maximum atomic E-state index is 11.4. The predicted molar refractivity (Wildman–Crippen MR) is 85.0 cm³/mol. The summed E-state index contributed by atoms with van der Waals surface area (Å²) in [5.41, 5.74) is 2.72. The topological polar surface area (TPSA) is 57.8 Å². The fourth-order valence-corrected chi connectivity index (χ4v) is 2.13. The van der Waals surface area contributed by atoms with Crippen LogP contribution in [0.1, 0.15) is 0 Å². The van der Waals surface area contributed by atoms with Crippen LogP contribution in [0.4, 0.5) is 11.5 Å². The van der Waals surface area contributed by atoms with E-state index in [0.717, 1.165) is 16.8 Å². The van der Waals surface area contributed by atoms with Crippen LogP contribution < -0.4 is 10.9 Å². The quantitative estimate of drug-likeness (QED) is 0.772. The highest BCUT2D eigenvalue weighted by molar-refractivity contribution is 6.32. The van der Waals surface area contributed by atoms with Gasteiger partial charge in [0, 0.05) is 5.69 Å². The molecule has 0 bridgehead atoms. The van der Waals surface area contributed by atoms with Crippen molar-refractivity contribution in [3.63, 3.8) is 0 Å². The monoisotopic (exact) mass is 297 g/mol. The van der Waals surface area contributed by atoms with Crippen molar-refractivity contribution < 1.29 is 0 Å². The number of hydrogen-bond donors (Lipinski definition) is 2. The number of hydrogen-bond acceptors (Lipinski definition) is 3. The number of rotatable bonds is 3. The summed E-state index contributed by atoms with van der Waals surface area (Å²) in [6.07, 6.45) is 1.31. The highest BCUT2D eigenvalue weighted by Gasteiger charge is 2.06. The van der Waals surface area contributed by atoms with Gasteiger partial charge in [0.05, 0.1) is 6.33 Å². The minimum atomic E-state index is -0.366. The minimum Gasteiger partial charge on any atom is -0.339 e. The molecule has 2 aromatic carbocycles. The summed E-state index contributed by atoms with van der Waals surface area (Å²) >= 11 is 5.90. The Morgan fingerprint density at radius 2 is 1.62 bits per heavy atom. The van der Waals surface area contributed by atoms with E-state index in [2.05, 4.69) is 27.4 Å². The van der Waals surface area contributed by atoms with Crippen molar-refractivity contribution in [2.45, 2.75) is 0 Å². The minimum absolute atomic E-state index is 0.0460. The second-order valence-corrected chi connectivity index (χ2v) is 4.84. The van der Waals surface area contributed by atoms with E-state index in [-0.39, 0.29) is 10.6 Å². The van der Waals surface area contributed by atoms with Crippen LogP contribution in [0, 0.1) is 0 Å². The smallest absolute Gasteiger partial charge is 0.271 e. The van der Waals surface area contributed by atoms with Crippen molar-refractivity contribution in [3.8, 4) is 11.1 Å². The lowest BCUT2D eigenvalue weighted by atomic mass is 10.1. The number of benzene rings is 2. The lowest BCUT2D eigenvalue weighted by Crippen LogP contribution is -2.09. The van der Waals surface area contributed by atoms with Crippen LogP contribution in [0.2, 0.25) is 5.02 Å². The SMILES string of the molecule is O=c1[nH]cnc(Nc2ccc(-c3ccccc3)cc2)c1Cl. The molecule has 3 aromatic rings. The van der Waals surface area contributed by atoms with E-state index in [1.165, 1.54) is 6.33 Å². The van der Waals surface area contributed by atoms with Gasteiger partial charge in [-0.15, -0.1) is 0 Å². The molecular formula is C16H12ClN3O. The highest BCUT2D eigenvalue weighted by Crippen LogP contribution is 2.23. The summed E-state index contributed by atoms with van der Waals surface area (Å²) in [4.78, 5) is 17.8. The summed E-state index contributed by atoms with van der Waals surface area (Å²) in [6.45, 7) is 0. The fraction of sp³-hybridized carbons (Fsp3) is 0. The number of anilines is 2. The third-order valence-corrected chi connectivity index (χ3v) is 3.40. The van der Waals surface area contributed by atoms with Crippen molar-refractivity contribution in [2.24, 2.45) is 0 Å². The van der Waals surface area contributed by atoms with Crippen LogP contribution >= 0.6 is 11.6 Å². The van der Waals surface area contributed by atoms with Crippen molar-refractivity contribution in [1.82, 2.24) is 9.97 Å². The van der Waals surface area contributed by atoms with Crippen LogP contribution in [-0.2, 0) is 0 Å². The molecule has 3 rings (SSSR count). The highest BCUT2D eigenvalue weighted by atomic mass is 35.5. The molecule has 4 nitrogen and oxygen atoms in total. The van der Waals surface area contributed by atoms with E-state index in [0.29, 0.717) is 5.82 Å². The van der Waals surface area contributed by atoms with E-state index >= 15 is 0 Å². The first-order valence-electron chi connectivity index (χ1n) is 6.40. The van der Waals surface area contributed by atoms with Gasteiger partial charge in [0.15, 0.2) is 5.82 Å². The Bertz CT molecular complexity index is 798. The molecule has 1 heterocycles. The Hall–Kier alpha value is -2.59. The Labute approximate surface area is 126 Å². The van der Waals surface area contributed by atoms with Gasteiger partial charge >= 0.3 is 0 Å². The van der Waals surface area contributed by atoms with Crippen molar-refractivity contribution in [1.29, 1.82) is 0 Å². The Kier molecular flexibility index (Phi) is 3.71. The van der Waals surface area contributed by atoms with Crippen molar-refractivity contribution in [2.75, 3.05) is 5.32 Å². The fourth-order valence-electron chi connectivity index (χ4n) is 1.98. The average molecular weight is 298 g/mol. The lowest BCUT2D eigenvalue weighted by molar-refractivity contribution is 1.12. The molecule has 2 N–H and O–H groups in total. The number of aromatic amines is 1. The van der Waals surface area contributed by atoms with Gasteiger partial charge in [0.2, 0.25) is 0 Å². The van der Waals surface area contributed by atoms with Crippen molar-refractivity contribution >= 4 is 23.1 Å². The van der Waals surface area contributed by atoms with Crippen LogP contribution in [0.3, 0.4) is 0 Å². The van der Waals surface area contributed by atoms with Gasteiger partial charge in [0.1, 0.15) is 5.02 Å². The number of halogens is 1. The van der Waals surface area contributed by atoms with Gasteiger partial charge in [-0.3, -0.25) is 4.79 Å². The molecule has 5 heteroatoms. The summed E-state index contributed by atoms with van der Waals surface area (Å²) < 4.78 is 0. The maximum Gasteiger partial charge on any atom is 0.271 e. The van der Waals surface area contributed by atoms with Gasteiger partial charge in [-0.2, -0.15) is 0 Å². The van der Waals surface area contributed by atoms with E-state index in [1.54, 1.807) is 0 Å². The molecule has 0 atom stereocenters. The molecule has 0 saturated heterocycles. The Morgan fingerprint density at radius 3 is 2.33 bits per heavy atom. The zero-order chi connectivity index (χ0) is 14.7. The van der Waals surface area contributed by atoms with Gasteiger partial charge in [-0.25, -0.2) is 4.98 Å². The molecular weight excluding hydrogens is 286 g/mol. The second-order valence-electron chi connectivity index (χ2n) is 4.46. The zero-order valence-corrected chi connectivity index (χ0v) is 11.8. The maximum absolute atomic E-state index is 11.4. The first-order chi connectivity index (χ1) is 10.2. The van der Waals surface area contributed by atoms with Crippen LogP contribution in [0.25, 0.3) is 11.1 Å². The van der Waals surface area contributed by atoms with Crippen LogP contribution in [0.15, 0.2) is 65.7 Å². The molecule has 0 aliphatic rings. The van der Waals surface area contributed by atoms with Gasteiger partial charge in [0.25, 0.3) is 5.56 Å². The number of nitrogens with zero attached hydrogens (tertiary/aromatic N) is 1. The first-order valence-corrected chi connectivity index (χ1v) is 6.77. The Morgan fingerprint density at radius 1 is 0.952 bits per heavy atom. The van der Waals surface area contributed by atoms with E-state index in [4.69, 9.17) is 11.6 Å². The van der Waals surface area contributed by atoms with Gasteiger partial charge < -0.3 is 10.3 Å². The molecule has 0 saturated carbocycles. The molecule has 1 aromatic heterocycles. The third-order valence-electron chi connectivity index (χ3n) is 3.05. The largest absolute Gasteiger partial charge is 0.339 e. The van der Waals surface area contributed by atoms with Crippen LogP contribution in [-0.4, -0.2) is 9.97 Å². The number of H-pyrrole nitrogens is 1. The van der Waals surface area contributed by atoms with Crippen molar-refractivity contribution in [3.05, 3.63) is 76.3 Å². The molecule has 21 heavy (non-hydrogen) atoms. The third kappa shape index (κ3) is 2.95. The molecule has 0 unspecified atom stereocenters. The van der Waals surface area contributed by atoms with E-state index in [9.17, 15) is 4.79 Å². The van der Waals surface area contributed by atoms with Crippen LogP contribution in [0.5, 0.6) is 0 Å². The average Bonchev–Trinajstić information content (AvgIpc) is 2.53. The normalized spacial score (nSPS) is 10.3. The molecule has 0 fully saturated rings. The molecule has 0 aliphatic carbocycles. The van der Waals surface area contributed by atoms with Gasteiger partial charge in [-0.1, -0.05) is 54.1 Å². The summed E-state index contributed by atoms with van der Waals surface area (Å²) in [6, 6.07) is 17.9. The lowest BCUT2D eigenvalue weighted by Gasteiger charge is -2.07. The molecule has 0 aliphatic heterocycles. The molecule has 104 valence electrons. The summed E-state index contributed by atoms with van der Waals surface area (Å²) in [5.74, 6) is 0.341. The molecule has 0 spiro atoms. The molecule has 0 radical (unpaired) electrons. The zero-order valence-electron chi connectivity index (χ0n) is 11.0. The number of nitrogens with one attached hydrogen (secondary N) is 2. The standard InChI is InChI=1S/C16H12ClN3O/c17-14-15(18-10-19-16(14)21)20-13-8-6-12(7-9-13)11-4-2-1-3-5-11/h1-10H,(H2,18,19,20,21). The number of aromatic nitrogens is 2. The predicted octanol–water partition coefficient (Wildman–Crippen LogP) is 3.83. The summed E-state index contributed by atoms with van der Waals surface area (Å²) in [7, 11) is 0. The van der Waals surface area contributed by atoms with E-state index < -0.39 is 0 Å².